The molecule has 1 aromatic carbocycles. The summed E-state index contributed by atoms with van der Waals surface area (Å²) in [5, 5.41) is 2.92. The molecule has 3 unspecified atom stereocenters. The Kier molecular flexibility index (Phi) is 5.76. The third kappa shape index (κ3) is 4.04. The first-order valence-corrected chi connectivity index (χ1v) is 9.74. The van der Waals surface area contributed by atoms with E-state index >= 15 is 0 Å². The maximum Gasteiger partial charge on any atom is 0.253 e. The molecule has 0 spiro atoms. The van der Waals surface area contributed by atoms with Crippen LogP contribution >= 0.6 is 15.9 Å². The molecule has 2 saturated heterocycles. The van der Waals surface area contributed by atoms with Crippen LogP contribution in [-0.4, -0.2) is 46.7 Å². The van der Waals surface area contributed by atoms with Crippen molar-refractivity contribution >= 4 is 33.4 Å². The molecule has 2 fully saturated rings. The number of carbonyl (C=O) groups is 2. The lowest BCUT2D eigenvalue weighted by Crippen LogP contribution is -2.42. The van der Waals surface area contributed by atoms with Crippen LogP contribution in [0.3, 0.4) is 0 Å². The monoisotopic (exact) mass is 408 g/mol. The summed E-state index contributed by atoms with van der Waals surface area (Å²) >= 11 is 3.62. The number of carbonyl (C=O) groups excluding carboxylic acids is 2. The van der Waals surface area contributed by atoms with Crippen LogP contribution in [0, 0.1) is 5.92 Å². The summed E-state index contributed by atoms with van der Waals surface area (Å²) in [5.74, 6) is 0.312. The van der Waals surface area contributed by atoms with E-state index in [2.05, 4.69) is 45.9 Å². The summed E-state index contributed by atoms with van der Waals surface area (Å²) < 4.78 is 0. The molecule has 2 heterocycles. The van der Waals surface area contributed by atoms with Gasteiger partial charge in [-0.2, -0.15) is 0 Å². The molecule has 3 rings (SSSR count). The number of hydrazine groups is 1. The van der Waals surface area contributed by atoms with Crippen molar-refractivity contribution in [3.05, 3.63) is 29.8 Å². The highest BCUT2D eigenvalue weighted by Gasteiger charge is 2.39. The molecule has 2 aliphatic heterocycles. The summed E-state index contributed by atoms with van der Waals surface area (Å²) in [7, 11) is 0. The van der Waals surface area contributed by atoms with E-state index in [-0.39, 0.29) is 28.7 Å². The number of alkyl halides is 1. The number of amides is 2. The Morgan fingerprint density at radius 1 is 1.24 bits per heavy atom. The van der Waals surface area contributed by atoms with Crippen molar-refractivity contribution in [3.8, 4) is 0 Å². The Morgan fingerprint density at radius 2 is 1.96 bits per heavy atom. The smallest absolute Gasteiger partial charge is 0.253 e. The maximum absolute atomic E-state index is 12.6. The number of hydrogen-bond donors (Lipinski definition) is 3. The maximum atomic E-state index is 12.6. The van der Waals surface area contributed by atoms with Gasteiger partial charge in [0.05, 0.1) is 4.83 Å². The zero-order valence-corrected chi connectivity index (χ0v) is 16.2. The minimum absolute atomic E-state index is 0.00177. The van der Waals surface area contributed by atoms with E-state index < -0.39 is 0 Å². The normalized spacial score (nSPS) is 26.2. The van der Waals surface area contributed by atoms with E-state index in [0.29, 0.717) is 17.2 Å². The van der Waals surface area contributed by atoms with Crippen molar-refractivity contribution in [3.63, 3.8) is 0 Å². The zero-order valence-electron chi connectivity index (χ0n) is 14.6. The van der Waals surface area contributed by atoms with Crippen LogP contribution in [0.25, 0.3) is 0 Å². The SMILES string of the molecule is CC(C)C1NNC(C(=O)Nc2cccc(C(=O)N3CCCC3)c2)C1Br. The van der Waals surface area contributed by atoms with Crippen molar-refractivity contribution in [2.24, 2.45) is 5.92 Å². The van der Waals surface area contributed by atoms with Gasteiger partial charge in [0.2, 0.25) is 5.91 Å². The number of benzene rings is 1. The molecule has 2 amide bonds. The predicted octanol–water partition coefficient (Wildman–Crippen LogP) is 2.13. The molecule has 0 aromatic heterocycles. The van der Waals surface area contributed by atoms with Gasteiger partial charge < -0.3 is 10.2 Å². The third-order valence-corrected chi connectivity index (χ3v) is 5.94. The second-order valence-electron chi connectivity index (χ2n) is 7.05. The van der Waals surface area contributed by atoms with Gasteiger partial charge in [-0.25, -0.2) is 5.43 Å². The predicted molar refractivity (Wildman–Crippen MR) is 102 cm³/mol. The highest BCUT2D eigenvalue weighted by atomic mass is 79.9. The van der Waals surface area contributed by atoms with Crippen molar-refractivity contribution in [1.29, 1.82) is 0 Å². The average molecular weight is 409 g/mol. The fraction of sp³-hybridized carbons (Fsp3) is 0.556. The van der Waals surface area contributed by atoms with E-state index in [9.17, 15) is 9.59 Å². The Morgan fingerprint density at radius 3 is 2.60 bits per heavy atom. The van der Waals surface area contributed by atoms with Gasteiger partial charge in [-0.3, -0.25) is 15.0 Å². The summed E-state index contributed by atoms with van der Waals surface area (Å²) in [6, 6.07) is 6.98. The molecule has 1 aromatic rings. The quantitative estimate of drug-likeness (QED) is 0.667. The van der Waals surface area contributed by atoms with E-state index in [4.69, 9.17) is 0 Å². The fourth-order valence-corrected chi connectivity index (χ4v) is 4.46. The molecule has 3 atom stereocenters. The van der Waals surface area contributed by atoms with Gasteiger partial charge in [0.15, 0.2) is 0 Å². The average Bonchev–Trinajstić information content (AvgIpc) is 3.23. The Balaban J connectivity index is 1.66. The lowest BCUT2D eigenvalue weighted by Gasteiger charge is -2.19. The molecule has 0 radical (unpaired) electrons. The van der Waals surface area contributed by atoms with Gasteiger partial charge in [0.1, 0.15) is 6.04 Å². The lowest BCUT2D eigenvalue weighted by molar-refractivity contribution is -0.117. The van der Waals surface area contributed by atoms with Gasteiger partial charge in [-0.1, -0.05) is 35.8 Å². The largest absolute Gasteiger partial charge is 0.339 e. The third-order valence-electron chi connectivity index (χ3n) is 4.84. The standard InChI is InChI=1S/C18H25BrN4O2/c1-11(2)15-14(19)16(22-21-15)17(24)20-13-7-5-6-12(10-13)18(25)23-8-3-4-9-23/h5-7,10-11,14-16,21-22H,3-4,8-9H2,1-2H3,(H,20,24). The molecule has 0 saturated carbocycles. The van der Waals surface area contributed by atoms with E-state index in [0.717, 1.165) is 25.9 Å². The Hall–Kier alpha value is -1.44. The van der Waals surface area contributed by atoms with Crippen molar-refractivity contribution in [2.75, 3.05) is 18.4 Å². The number of rotatable bonds is 4. The first-order chi connectivity index (χ1) is 12.0. The highest BCUT2D eigenvalue weighted by Crippen LogP contribution is 2.23. The summed E-state index contributed by atoms with van der Waals surface area (Å²) in [5.41, 5.74) is 7.49. The molecular weight excluding hydrogens is 384 g/mol. The summed E-state index contributed by atoms with van der Waals surface area (Å²) in [4.78, 5) is 27.0. The number of likely N-dealkylation sites (tertiary alicyclic amines) is 1. The molecule has 136 valence electrons. The van der Waals surface area contributed by atoms with Crippen molar-refractivity contribution < 1.29 is 9.59 Å². The van der Waals surface area contributed by atoms with Gasteiger partial charge in [0.25, 0.3) is 5.91 Å². The summed E-state index contributed by atoms with van der Waals surface area (Å²) in [6.45, 7) is 5.85. The van der Waals surface area contributed by atoms with E-state index in [1.54, 1.807) is 12.1 Å². The second kappa shape index (κ2) is 7.85. The van der Waals surface area contributed by atoms with E-state index in [1.165, 1.54) is 0 Å². The number of hydrogen-bond acceptors (Lipinski definition) is 4. The molecule has 25 heavy (non-hydrogen) atoms. The van der Waals surface area contributed by atoms with Crippen LogP contribution in [0.15, 0.2) is 24.3 Å². The number of anilines is 1. The lowest BCUT2D eigenvalue weighted by atomic mass is 9.99. The minimum atomic E-state index is -0.370. The van der Waals surface area contributed by atoms with Crippen LogP contribution in [0.1, 0.15) is 37.0 Å². The minimum Gasteiger partial charge on any atom is -0.339 e. The van der Waals surface area contributed by atoms with Crippen LogP contribution in [0.4, 0.5) is 5.69 Å². The number of halogens is 1. The Bertz CT molecular complexity index is 646. The first kappa shape index (κ1) is 18.4. The van der Waals surface area contributed by atoms with Crippen molar-refractivity contribution in [1.82, 2.24) is 15.8 Å². The molecule has 7 heteroatoms. The fourth-order valence-electron chi connectivity index (χ4n) is 3.35. The molecule has 2 aliphatic rings. The zero-order chi connectivity index (χ0) is 18.0. The van der Waals surface area contributed by atoms with Gasteiger partial charge in [-0.05, 0) is 37.0 Å². The van der Waals surface area contributed by atoms with Crippen LogP contribution in [0.2, 0.25) is 0 Å². The summed E-state index contributed by atoms with van der Waals surface area (Å²) in [6.07, 6.45) is 2.12. The van der Waals surface area contributed by atoms with Crippen LogP contribution in [0.5, 0.6) is 0 Å². The van der Waals surface area contributed by atoms with Gasteiger partial charge in [0, 0.05) is 30.4 Å². The number of nitrogens with zero attached hydrogens (tertiary/aromatic N) is 1. The van der Waals surface area contributed by atoms with Crippen molar-refractivity contribution in [2.45, 2.75) is 43.6 Å². The topological polar surface area (TPSA) is 73.5 Å². The van der Waals surface area contributed by atoms with E-state index in [1.807, 2.05) is 17.0 Å². The Labute approximate surface area is 156 Å². The first-order valence-electron chi connectivity index (χ1n) is 8.82. The van der Waals surface area contributed by atoms with Crippen LogP contribution in [-0.2, 0) is 4.79 Å². The molecule has 3 N–H and O–H groups in total. The number of nitrogens with one attached hydrogen (secondary N) is 3. The van der Waals surface area contributed by atoms with Crippen LogP contribution < -0.4 is 16.2 Å². The van der Waals surface area contributed by atoms with Gasteiger partial charge >= 0.3 is 0 Å². The highest BCUT2D eigenvalue weighted by molar-refractivity contribution is 9.09. The van der Waals surface area contributed by atoms with Gasteiger partial charge in [-0.15, -0.1) is 0 Å². The molecule has 6 nitrogen and oxygen atoms in total. The second-order valence-corrected chi connectivity index (χ2v) is 8.11. The molecule has 0 bridgehead atoms. The molecule has 0 aliphatic carbocycles. The molecular formula is C18H25BrN4O2.